The van der Waals surface area contributed by atoms with Crippen LogP contribution in [0.15, 0.2) is 0 Å². The minimum absolute atomic E-state index is 0.903. The van der Waals surface area contributed by atoms with Crippen LogP contribution in [0.1, 0.15) is 11.3 Å². The molecule has 0 aliphatic rings. The van der Waals surface area contributed by atoms with Crippen LogP contribution in [0, 0.1) is 28.9 Å². The summed E-state index contributed by atoms with van der Waals surface area (Å²) in [5, 5.41) is 8.13. The Hall–Kier alpha value is -1.78. The van der Waals surface area contributed by atoms with Gasteiger partial charge in [0, 0.05) is 0 Å². The number of hydrogen-bond acceptors (Lipinski definition) is 2. The zero-order chi connectivity index (χ0) is 12.5. The fourth-order valence-corrected chi connectivity index (χ4v) is 0.959. The summed E-state index contributed by atoms with van der Waals surface area (Å²) in [6.45, 7) is 0. The molecule has 1 aromatic rings. The molecular formula is C8H2F6N2. The van der Waals surface area contributed by atoms with E-state index in [0.717, 1.165) is 0 Å². The minimum Gasteiger partial charge on any atom is -0.212 e. The fourth-order valence-electron chi connectivity index (χ4n) is 0.959. The zero-order valence-electron chi connectivity index (χ0n) is 7.37. The summed E-state index contributed by atoms with van der Waals surface area (Å²) >= 11 is 0. The molecule has 0 saturated heterocycles. The maximum atomic E-state index is 12.9. The largest absolute Gasteiger partial charge is 0.436 e. The molecular weight excluding hydrogens is 238 g/mol. The van der Waals surface area contributed by atoms with Gasteiger partial charge in [-0.2, -0.15) is 22.8 Å². The standard InChI is InChI=1S/C8H2F6N2/c9-4-3(1-2-15)7(11)16-6(5(4)10)8(12,13)14/h1H2. The summed E-state index contributed by atoms with van der Waals surface area (Å²) in [5.41, 5.74) is -3.39. The molecule has 1 aromatic heterocycles. The third-order valence-electron chi connectivity index (χ3n) is 1.65. The van der Waals surface area contributed by atoms with Crippen molar-refractivity contribution in [2.24, 2.45) is 0 Å². The fraction of sp³-hybridized carbons (Fsp3) is 0.250. The predicted octanol–water partition coefficient (Wildman–Crippen LogP) is 2.58. The molecule has 0 atom stereocenters. The number of alkyl halides is 3. The van der Waals surface area contributed by atoms with Crippen LogP contribution in [0.25, 0.3) is 0 Å². The van der Waals surface area contributed by atoms with Crippen LogP contribution in [0.5, 0.6) is 0 Å². The Morgan fingerprint density at radius 3 is 2.12 bits per heavy atom. The molecule has 0 aliphatic carbocycles. The Bertz CT molecular complexity index is 459. The van der Waals surface area contributed by atoms with Crippen molar-refractivity contribution in [1.29, 1.82) is 5.26 Å². The van der Waals surface area contributed by atoms with Gasteiger partial charge in [-0.25, -0.2) is 13.8 Å². The van der Waals surface area contributed by atoms with Crippen molar-refractivity contribution in [2.75, 3.05) is 0 Å². The van der Waals surface area contributed by atoms with Gasteiger partial charge in [0.25, 0.3) is 0 Å². The van der Waals surface area contributed by atoms with Crippen LogP contribution in [-0.4, -0.2) is 4.98 Å². The Labute approximate surface area is 85.1 Å². The van der Waals surface area contributed by atoms with Gasteiger partial charge in [-0.3, -0.25) is 0 Å². The molecule has 16 heavy (non-hydrogen) atoms. The first-order chi connectivity index (χ1) is 7.29. The molecule has 0 aliphatic heterocycles. The summed E-state index contributed by atoms with van der Waals surface area (Å²) in [6, 6.07) is 1.28. The maximum absolute atomic E-state index is 12.9. The number of rotatable bonds is 1. The lowest BCUT2D eigenvalue weighted by Gasteiger charge is -2.09. The molecule has 0 spiro atoms. The SMILES string of the molecule is N#CCc1c(F)nc(C(F)(F)F)c(F)c1F. The van der Waals surface area contributed by atoms with E-state index in [1.54, 1.807) is 0 Å². The third kappa shape index (κ3) is 2.08. The van der Waals surface area contributed by atoms with E-state index >= 15 is 0 Å². The lowest BCUT2D eigenvalue weighted by atomic mass is 10.1. The summed E-state index contributed by atoms with van der Waals surface area (Å²) < 4.78 is 74.7. The van der Waals surface area contributed by atoms with Gasteiger partial charge in [-0.1, -0.05) is 0 Å². The first-order valence-corrected chi connectivity index (χ1v) is 3.76. The van der Waals surface area contributed by atoms with Crippen LogP contribution in [0.4, 0.5) is 26.3 Å². The molecule has 0 fully saturated rings. The number of hydrogen-bond donors (Lipinski definition) is 0. The van der Waals surface area contributed by atoms with Gasteiger partial charge in [-0.05, 0) is 0 Å². The van der Waals surface area contributed by atoms with Crippen LogP contribution in [0.2, 0.25) is 0 Å². The highest BCUT2D eigenvalue weighted by Crippen LogP contribution is 2.32. The van der Waals surface area contributed by atoms with E-state index in [4.69, 9.17) is 5.26 Å². The Balaban J connectivity index is 3.47. The van der Waals surface area contributed by atoms with E-state index in [9.17, 15) is 26.3 Å². The molecule has 1 heterocycles. The van der Waals surface area contributed by atoms with Gasteiger partial charge < -0.3 is 0 Å². The van der Waals surface area contributed by atoms with Gasteiger partial charge in [0.05, 0.1) is 18.1 Å². The van der Waals surface area contributed by atoms with Gasteiger partial charge >= 0.3 is 6.18 Å². The van der Waals surface area contributed by atoms with E-state index in [1.165, 1.54) is 6.07 Å². The number of nitrogens with zero attached hydrogens (tertiary/aromatic N) is 2. The van der Waals surface area contributed by atoms with E-state index in [0.29, 0.717) is 0 Å². The van der Waals surface area contributed by atoms with Gasteiger partial charge in [0.15, 0.2) is 17.3 Å². The van der Waals surface area contributed by atoms with Gasteiger partial charge in [0.1, 0.15) is 0 Å². The van der Waals surface area contributed by atoms with Crippen molar-refractivity contribution in [1.82, 2.24) is 4.98 Å². The third-order valence-corrected chi connectivity index (χ3v) is 1.65. The average Bonchev–Trinajstić information content (AvgIpc) is 2.16. The lowest BCUT2D eigenvalue weighted by molar-refractivity contribution is -0.144. The number of aromatic nitrogens is 1. The average molecular weight is 240 g/mol. The van der Waals surface area contributed by atoms with Crippen LogP contribution in [-0.2, 0) is 12.6 Å². The normalized spacial score (nSPS) is 11.3. The van der Waals surface area contributed by atoms with Gasteiger partial charge in [-0.15, -0.1) is 0 Å². The Kier molecular flexibility index (Phi) is 3.07. The summed E-state index contributed by atoms with van der Waals surface area (Å²) in [4.78, 5) is 2.27. The smallest absolute Gasteiger partial charge is 0.212 e. The lowest BCUT2D eigenvalue weighted by Crippen LogP contribution is -2.16. The van der Waals surface area contributed by atoms with Crippen molar-refractivity contribution in [3.8, 4) is 6.07 Å². The molecule has 0 N–H and O–H groups in total. The maximum Gasteiger partial charge on any atom is 0.436 e. The first kappa shape index (κ1) is 12.3. The van der Waals surface area contributed by atoms with E-state index in [-0.39, 0.29) is 0 Å². The van der Waals surface area contributed by atoms with E-state index in [2.05, 4.69) is 4.98 Å². The molecule has 0 radical (unpaired) electrons. The molecule has 86 valence electrons. The van der Waals surface area contributed by atoms with Crippen LogP contribution < -0.4 is 0 Å². The monoisotopic (exact) mass is 240 g/mol. The molecule has 0 aromatic carbocycles. The topological polar surface area (TPSA) is 36.7 Å². The molecule has 2 nitrogen and oxygen atoms in total. The highest BCUT2D eigenvalue weighted by molar-refractivity contribution is 5.24. The van der Waals surface area contributed by atoms with Gasteiger partial charge in [0.2, 0.25) is 5.95 Å². The molecule has 1 rings (SSSR count). The Morgan fingerprint density at radius 1 is 1.12 bits per heavy atom. The number of nitriles is 1. The number of pyridine rings is 1. The van der Waals surface area contributed by atoms with E-state index in [1.807, 2.05) is 0 Å². The highest BCUT2D eigenvalue weighted by Gasteiger charge is 2.39. The van der Waals surface area contributed by atoms with Crippen LogP contribution in [0.3, 0.4) is 0 Å². The van der Waals surface area contributed by atoms with Crippen molar-refractivity contribution >= 4 is 0 Å². The van der Waals surface area contributed by atoms with Crippen molar-refractivity contribution in [3.05, 3.63) is 28.8 Å². The van der Waals surface area contributed by atoms with Crippen molar-refractivity contribution in [3.63, 3.8) is 0 Å². The predicted molar refractivity (Wildman–Crippen MR) is 38.4 cm³/mol. The van der Waals surface area contributed by atoms with Crippen molar-refractivity contribution < 1.29 is 26.3 Å². The zero-order valence-corrected chi connectivity index (χ0v) is 7.37. The second-order valence-corrected chi connectivity index (χ2v) is 2.69. The molecule has 0 unspecified atom stereocenters. The summed E-state index contributed by atoms with van der Waals surface area (Å²) in [5.74, 6) is -6.19. The first-order valence-electron chi connectivity index (χ1n) is 3.76. The number of halogens is 6. The summed E-state index contributed by atoms with van der Waals surface area (Å²) in [6.07, 6.45) is -6.20. The Morgan fingerprint density at radius 2 is 1.69 bits per heavy atom. The minimum atomic E-state index is -5.29. The van der Waals surface area contributed by atoms with Crippen molar-refractivity contribution in [2.45, 2.75) is 12.6 Å². The molecule has 0 saturated carbocycles. The second kappa shape index (κ2) is 4.00. The molecule has 0 bridgehead atoms. The molecule has 8 heteroatoms. The van der Waals surface area contributed by atoms with E-state index < -0.39 is 41.4 Å². The molecule has 0 amide bonds. The summed E-state index contributed by atoms with van der Waals surface area (Å²) in [7, 11) is 0. The highest BCUT2D eigenvalue weighted by atomic mass is 19.4. The quantitative estimate of drug-likeness (QED) is 0.558. The van der Waals surface area contributed by atoms with Crippen LogP contribution >= 0.6 is 0 Å². The second-order valence-electron chi connectivity index (χ2n) is 2.69.